The quantitative estimate of drug-likeness (QED) is 0.345. The van der Waals surface area contributed by atoms with Crippen molar-refractivity contribution in [2.24, 2.45) is 5.73 Å². The van der Waals surface area contributed by atoms with Gasteiger partial charge in [0.15, 0.2) is 0 Å². The lowest BCUT2D eigenvalue weighted by Gasteiger charge is -2.21. The van der Waals surface area contributed by atoms with Crippen molar-refractivity contribution in [3.63, 3.8) is 0 Å². The van der Waals surface area contributed by atoms with Crippen LogP contribution in [-0.4, -0.2) is 15.4 Å². The molecule has 1 atom stereocenters. The SMILES string of the molecule is CCC(c1oc2ccc(F)cc2c(=O)c1-c1ccccc1)n1cnc(C(=N)N)c1N. The molecule has 0 fully saturated rings. The molecule has 4 aromatic rings. The zero-order valence-corrected chi connectivity index (χ0v) is 16.2. The van der Waals surface area contributed by atoms with Crippen molar-refractivity contribution in [3.8, 4) is 11.1 Å². The van der Waals surface area contributed by atoms with E-state index in [0.717, 1.165) is 0 Å². The fraction of sp³-hybridized carbons (Fsp3) is 0.136. The number of nitrogens with one attached hydrogen (secondary N) is 1. The Balaban J connectivity index is 2.05. The lowest BCUT2D eigenvalue weighted by molar-refractivity contribution is 0.436. The van der Waals surface area contributed by atoms with Gasteiger partial charge in [0, 0.05) is 0 Å². The van der Waals surface area contributed by atoms with Crippen molar-refractivity contribution in [1.82, 2.24) is 9.55 Å². The molecular formula is C22H20FN5O2. The van der Waals surface area contributed by atoms with Gasteiger partial charge in [-0.25, -0.2) is 9.37 Å². The summed E-state index contributed by atoms with van der Waals surface area (Å²) in [6, 6.07) is 12.4. The molecule has 5 N–H and O–H groups in total. The number of anilines is 1. The van der Waals surface area contributed by atoms with E-state index in [1.807, 2.05) is 25.1 Å². The summed E-state index contributed by atoms with van der Waals surface area (Å²) >= 11 is 0. The molecule has 0 radical (unpaired) electrons. The van der Waals surface area contributed by atoms with Crippen molar-refractivity contribution in [2.45, 2.75) is 19.4 Å². The second kappa shape index (κ2) is 7.47. The van der Waals surface area contributed by atoms with Crippen molar-refractivity contribution < 1.29 is 8.81 Å². The summed E-state index contributed by atoms with van der Waals surface area (Å²) in [4.78, 5) is 17.5. The van der Waals surface area contributed by atoms with Gasteiger partial charge < -0.3 is 20.5 Å². The highest BCUT2D eigenvalue weighted by molar-refractivity contribution is 5.97. The molecular weight excluding hydrogens is 385 g/mol. The molecule has 8 heteroatoms. The number of amidine groups is 1. The molecule has 152 valence electrons. The van der Waals surface area contributed by atoms with Gasteiger partial charge in [0.1, 0.15) is 34.5 Å². The minimum atomic E-state index is -0.515. The zero-order valence-electron chi connectivity index (χ0n) is 16.2. The summed E-state index contributed by atoms with van der Waals surface area (Å²) in [5.41, 5.74) is 12.8. The maximum atomic E-state index is 13.8. The van der Waals surface area contributed by atoms with E-state index in [1.54, 1.807) is 16.7 Å². The van der Waals surface area contributed by atoms with Crippen LogP contribution in [0, 0.1) is 11.2 Å². The zero-order chi connectivity index (χ0) is 21.4. The van der Waals surface area contributed by atoms with Gasteiger partial charge in [-0.05, 0) is 30.2 Å². The van der Waals surface area contributed by atoms with Crippen molar-refractivity contribution in [1.29, 1.82) is 5.41 Å². The highest BCUT2D eigenvalue weighted by Gasteiger charge is 2.26. The average molecular weight is 405 g/mol. The molecule has 2 aromatic carbocycles. The van der Waals surface area contributed by atoms with Crippen LogP contribution in [0.5, 0.6) is 0 Å². The number of nitrogens with zero attached hydrogens (tertiary/aromatic N) is 2. The normalized spacial score (nSPS) is 12.2. The number of rotatable bonds is 5. The van der Waals surface area contributed by atoms with Gasteiger partial charge in [-0.1, -0.05) is 37.3 Å². The monoisotopic (exact) mass is 405 g/mol. The first kappa shape index (κ1) is 19.4. The summed E-state index contributed by atoms with van der Waals surface area (Å²) in [6.07, 6.45) is 2.00. The van der Waals surface area contributed by atoms with Crippen LogP contribution < -0.4 is 16.9 Å². The highest BCUT2D eigenvalue weighted by Crippen LogP contribution is 2.34. The highest BCUT2D eigenvalue weighted by atomic mass is 19.1. The Morgan fingerprint density at radius 1 is 1.27 bits per heavy atom. The van der Waals surface area contributed by atoms with E-state index >= 15 is 0 Å². The summed E-state index contributed by atoms with van der Waals surface area (Å²) in [7, 11) is 0. The lowest BCUT2D eigenvalue weighted by Crippen LogP contribution is -2.19. The average Bonchev–Trinajstić information content (AvgIpc) is 3.11. The largest absolute Gasteiger partial charge is 0.458 e. The lowest BCUT2D eigenvalue weighted by atomic mass is 9.97. The number of benzene rings is 2. The second-order valence-electron chi connectivity index (χ2n) is 6.90. The van der Waals surface area contributed by atoms with Crippen LogP contribution in [0.1, 0.15) is 30.8 Å². The van der Waals surface area contributed by atoms with Crippen LogP contribution in [0.25, 0.3) is 22.1 Å². The number of hydrogen-bond acceptors (Lipinski definition) is 5. The number of nitrogen functional groups attached to an aromatic ring is 2. The molecule has 1 unspecified atom stereocenters. The third-order valence-electron chi connectivity index (χ3n) is 5.05. The van der Waals surface area contributed by atoms with E-state index < -0.39 is 11.9 Å². The van der Waals surface area contributed by atoms with Crippen LogP contribution in [0.4, 0.5) is 10.2 Å². The van der Waals surface area contributed by atoms with Crippen molar-refractivity contribution in [3.05, 3.63) is 82.4 Å². The Bertz CT molecular complexity index is 1310. The number of nitrogens with two attached hydrogens (primary N) is 2. The van der Waals surface area contributed by atoms with Gasteiger partial charge in [0.25, 0.3) is 0 Å². The number of aromatic nitrogens is 2. The first-order chi connectivity index (χ1) is 14.4. The van der Waals surface area contributed by atoms with Gasteiger partial charge in [0.2, 0.25) is 5.43 Å². The first-order valence-corrected chi connectivity index (χ1v) is 9.40. The topological polar surface area (TPSA) is 124 Å². The Labute approximate surface area is 171 Å². The number of imidazole rings is 1. The smallest absolute Gasteiger partial charge is 0.200 e. The third kappa shape index (κ3) is 3.12. The van der Waals surface area contributed by atoms with Crippen molar-refractivity contribution >= 4 is 22.6 Å². The van der Waals surface area contributed by atoms with Gasteiger partial charge in [0.05, 0.1) is 23.3 Å². The Hall–Kier alpha value is -3.94. The predicted octanol–water partition coefficient (Wildman–Crippen LogP) is 3.66. The minimum Gasteiger partial charge on any atom is -0.458 e. The number of halogens is 1. The molecule has 2 aromatic heterocycles. The Morgan fingerprint density at radius 3 is 2.63 bits per heavy atom. The van der Waals surface area contributed by atoms with Gasteiger partial charge in [-0.3, -0.25) is 10.2 Å². The van der Waals surface area contributed by atoms with Gasteiger partial charge >= 0.3 is 0 Å². The molecule has 30 heavy (non-hydrogen) atoms. The van der Waals surface area contributed by atoms with Crippen molar-refractivity contribution in [2.75, 3.05) is 5.73 Å². The Kier molecular flexibility index (Phi) is 4.83. The second-order valence-corrected chi connectivity index (χ2v) is 6.90. The Morgan fingerprint density at radius 2 is 2.00 bits per heavy atom. The molecule has 4 rings (SSSR count). The summed E-state index contributed by atoms with van der Waals surface area (Å²) in [6.45, 7) is 1.92. The van der Waals surface area contributed by atoms with E-state index in [2.05, 4.69) is 4.98 Å². The molecule has 0 amide bonds. The minimum absolute atomic E-state index is 0.162. The predicted molar refractivity (Wildman–Crippen MR) is 114 cm³/mol. The van der Waals surface area contributed by atoms with E-state index in [1.165, 1.54) is 24.5 Å². The van der Waals surface area contributed by atoms with Gasteiger partial charge in [-0.15, -0.1) is 0 Å². The standard InChI is InChI=1S/C22H20FN5O2/c1-2-15(28-11-27-18(21(24)25)22(28)26)20-17(12-6-4-3-5-7-12)19(29)14-10-13(23)8-9-16(14)30-20/h3-11,15H,2,26H2,1H3,(H3,24,25). The van der Waals surface area contributed by atoms with Gasteiger partial charge in [-0.2, -0.15) is 0 Å². The molecule has 2 heterocycles. The van der Waals surface area contributed by atoms with Crippen LogP contribution >= 0.6 is 0 Å². The van der Waals surface area contributed by atoms with E-state index in [-0.39, 0.29) is 33.7 Å². The third-order valence-corrected chi connectivity index (χ3v) is 5.05. The number of hydrogen-bond donors (Lipinski definition) is 3. The van der Waals surface area contributed by atoms with Crippen LogP contribution in [0.2, 0.25) is 0 Å². The summed E-state index contributed by atoms with van der Waals surface area (Å²) in [5.74, 6) is -0.180. The summed E-state index contributed by atoms with van der Waals surface area (Å²) in [5, 5.41) is 7.81. The molecule has 7 nitrogen and oxygen atoms in total. The van der Waals surface area contributed by atoms with E-state index in [9.17, 15) is 9.18 Å². The first-order valence-electron chi connectivity index (χ1n) is 9.40. The fourth-order valence-corrected chi connectivity index (χ4v) is 3.63. The molecule has 0 bridgehead atoms. The summed E-state index contributed by atoms with van der Waals surface area (Å²) < 4.78 is 21.6. The maximum Gasteiger partial charge on any atom is 0.200 e. The molecule has 0 aliphatic rings. The molecule has 0 aliphatic heterocycles. The fourth-order valence-electron chi connectivity index (χ4n) is 3.63. The molecule has 0 saturated heterocycles. The number of fused-ring (bicyclic) bond motifs is 1. The van der Waals surface area contributed by atoms with E-state index in [0.29, 0.717) is 23.3 Å². The molecule has 0 aliphatic carbocycles. The van der Waals surface area contributed by atoms with Crippen LogP contribution in [-0.2, 0) is 0 Å². The van der Waals surface area contributed by atoms with Crippen LogP contribution in [0.15, 0.2) is 64.1 Å². The molecule has 0 spiro atoms. The van der Waals surface area contributed by atoms with Crippen LogP contribution in [0.3, 0.4) is 0 Å². The molecule has 0 saturated carbocycles. The maximum absolute atomic E-state index is 13.8. The van der Waals surface area contributed by atoms with E-state index in [4.69, 9.17) is 21.3 Å².